The normalized spacial score (nSPS) is 10.1. The molecule has 154 valence electrons. The minimum atomic E-state index is -0.266. The number of ether oxygens (including phenoxy) is 2. The first-order valence-electron chi connectivity index (χ1n) is 9.48. The number of carbonyl (C=O) groups excluding carboxylic acids is 2. The van der Waals surface area contributed by atoms with E-state index < -0.39 is 0 Å². The molecular weight excluding hydrogens is 370 g/mol. The van der Waals surface area contributed by atoms with Gasteiger partial charge in [-0.15, -0.1) is 0 Å². The molecule has 0 radical (unpaired) electrons. The molecule has 0 aromatic heterocycles. The molecule has 29 heavy (non-hydrogen) atoms. The van der Waals surface area contributed by atoms with E-state index in [0.29, 0.717) is 13.1 Å². The topological polar surface area (TPSA) is 103 Å². The predicted octanol–water partition coefficient (Wildman–Crippen LogP) is 3.32. The first kappa shape index (κ1) is 23.7. The summed E-state index contributed by atoms with van der Waals surface area (Å²) in [5, 5.41) is 17.7. The fourth-order valence-corrected chi connectivity index (χ4v) is 2.25. The Morgan fingerprint density at radius 2 is 1.38 bits per heavy atom. The first-order valence-corrected chi connectivity index (χ1v) is 9.48. The van der Waals surface area contributed by atoms with Crippen LogP contribution >= 0.6 is 0 Å². The van der Waals surface area contributed by atoms with Crippen molar-refractivity contribution in [3.8, 4) is 12.1 Å². The second-order valence-electron chi connectivity index (χ2n) is 7.00. The molecule has 0 saturated carbocycles. The van der Waals surface area contributed by atoms with Crippen molar-refractivity contribution in [2.75, 3.05) is 31.2 Å². The molecule has 0 amide bonds. The summed E-state index contributed by atoms with van der Waals surface area (Å²) in [6, 6.07) is 10.9. The molecule has 1 aromatic rings. The lowest BCUT2D eigenvalue weighted by atomic mass is 10.1. The number of carbonyl (C=O) groups is 2. The number of hydrogen-bond acceptors (Lipinski definition) is 7. The summed E-state index contributed by atoms with van der Waals surface area (Å²) in [4.78, 5) is 25.3. The Kier molecular flexibility index (Phi) is 9.98. The molecule has 0 bridgehead atoms. The SMILES string of the molecule is CC(C)C(=O)OCCN(CCOC(=O)C(C)C)c1ccc(C=C(C#N)C#N)cc1. The van der Waals surface area contributed by atoms with E-state index in [9.17, 15) is 9.59 Å². The van der Waals surface area contributed by atoms with Crippen LogP contribution in [0.2, 0.25) is 0 Å². The van der Waals surface area contributed by atoms with Crippen molar-refractivity contribution in [2.45, 2.75) is 27.7 Å². The molecule has 1 aromatic carbocycles. The van der Waals surface area contributed by atoms with E-state index >= 15 is 0 Å². The Morgan fingerprint density at radius 3 is 1.76 bits per heavy atom. The molecule has 0 unspecified atom stereocenters. The highest BCUT2D eigenvalue weighted by Crippen LogP contribution is 2.17. The average Bonchev–Trinajstić information content (AvgIpc) is 2.70. The Labute approximate surface area is 172 Å². The van der Waals surface area contributed by atoms with Crippen molar-refractivity contribution in [1.82, 2.24) is 0 Å². The minimum Gasteiger partial charge on any atom is -0.464 e. The van der Waals surface area contributed by atoms with E-state index in [0.717, 1.165) is 11.3 Å². The molecule has 7 nitrogen and oxygen atoms in total. The van der Waals surface area contributed by atoms with Crippen molar-refractivity contribution in [2.24, 2.45) is 11.8 Å². The van der Waals surface area contributed by atoms with Gasteiger partial charge in [0.05, 0.1) is 24.9 Å². The zero-order chi connectivity index (χ0) is 21.8. The molecular formula is C22H27N3O4. The van der Waals surface area contributed by atoms with Gasteiger partial charge >= 0.3 is 11.9 Å². The molecule has 0 aliphatic carbocycles. The zero-order valence-corrected chi connectivity index (χ0v) is 17.3. The molecule has 0 N–H and O–H groups in total. The fourth-order valence-electron chi connectivity index (χ4n) is 2.25. The number of nitrogens with zero attached hydrogens (tertiary/aromatic N) is 3. The summed E-state index contributed by atoms with van der Waals surface area (Å²) in [5.74, 6) is -0.929. The average molecular weight is 397 g/mol. The van der Waals surface area contributed by atoms with Crippen LogP contribution in [0.15, 0.2) is 29.8 Å². The molecule has 0 saturated heterocycles. The van der Waals surface area contributed by atoms with Crippen LogP contribution in [0, 0.1) is 34.5 Å². The van der Waals surface area contributed by atoms with Crippen LogP contribution < -0.4 is 4.90 Å². The van der Waals surface area contributed by atoms with Crippen molar-refractivity contribution in [3.63, 3.8) is 0 Å². The van der Waals surface area contributed by atoms with E-state index in [1.54, 1.807) is 39.8 Å². The third kappa shape index (κ3) is 8.49. The van der Waals surface area contributed by atoms with Gasteiger partial charge < -0.3 is 14.4 Å². The number of anilines is 1. The molecule has 0 aliphatic heterocycles. The number of allylic oxidation sites excluding steroid dienone is 1. The van der Waals surface area contributed by atoms with Crippen LogP contribution in [0.4, 0.5) is 5.69 Å². The van der Waals surface area contributed by atoms with E-state index in [-0.39, 0.29) is 42.6 Å². The van der Waals surface area contributed by atoms with E-state index in [2.05, 4.69) is 0 Å². The third-order valence-corrected chi connectivity index (χ3v) is 3.96. The van der Waals surface area contributed by atoms with Gasteiger partial charge in [-0.2, -0.15) is 10.5 Å². The number of nitriles is 2. The standard InChI is InChI=1S/C22H27N3O4/c1-16(2)21(26)28-11-9-25(10-12-29-22(27)17(3)4)20-7-5-18(6-8-20)13-19(14-23)15-24/h5-8,13,16-17H,9-12H2,1-4H3. The molecule has 0 fully saturated rings. The minimum absolute atomic E-state index is 0.0239. The maximum Gasteiger partial charge on any atom is 0.308 e. The van der Waals surface area contributed by atoms with Gasteiger partial charge in [0.25, 0.3) is 0 Å². The Hall–Kier alpha value is -3.32. The van der Waals surface area contributed by atoms with Gasteiger partial charge in [0.2, 0.25) is 0 Å². The number of rotatable bonds is 10. The number of esters is 2. The largest absolute Gasteiger partial charge is 0.464 e. The van der Waals surface area contributed by atoms with Crippen molar-refractivity contribution < 1.29 is 19.1 Å². The second kappa shape index (κ2) is 12.2. The van der Waals surface area contributed by atoms with Gasteiger partial charge in [-0.25, -0.2) is 0 Å². The Balaban J connectivity index is 2.84. The summed E-state index contributed by atoms with van der Waals surface area (Å²) in [6.07, 6.45) is 1.50. The number of hydrogen-bond donors (Lipinski definition) is 0. The highest BCUT2D eigenvalue weighted by Gasteiger charge is 2.13. The van der Waals surface area contributed by atoms with Crippen molar-refractivity contribution >= 4 is 23.7 Å². The monoisotopic (exact) mass is 397 g/mol. The lowest BCUT2D eigenvalue weighted by molar-refractivity contribution is -0.147. The van der Waals surface area contributed by atoms with Crippen LogP contribution in [0.1, 0.15) is 33.3 Å². The summed E-state index contributed by atoms with van der Waals surface area (Å²) >= 11 is 0. The van der Waals surface area contributed by atoms with Gasteiger partial charge in [0, 0.05) is 5.69 Å². The van der Waals surface area contributed by atoms with Gasteiger partial charge in [0.1, 0.15) is 30.9 Å². The molecule has 1 rings (SSSR count). The van der Waals surface area contributed by atoms with E-state index in [4.69, 9.17) is 20.0 Å². The van der Waals surface area contributed by atoms with Crippen LogP contribution in [0.5, 0.6) is 0 Å². The third-order valence-electron chi connectivity index (χ3n) is 3.96. The lowest BCUT2D eigenvalue weighted by Gasteiger charge is -2.25. The quantitative estimate of drug-likeness (QED) is 0.440. The smallest absolute Gasteiger partial charge is 0.308 e. The maximum absolute atomic E-state index is 11.7. The Bertz CT molecular complexity index is 757. The van der Waals surface area contributed by atoms with Crippen molar-refractivity contribution in [3.05, 3.63) is 35.4 Å². The van der Waals surface area contributed by atoms with E-state index in [1.165, 1.54) is 6.08 Å². The van der Waals surface area contributed by atoms with E-state index in [1.807, 2.05) is 29.2 Å². The molecule has 0 spiro atoms. The van der Waals surface area contributed by atoms with Crippen LogP contribution in [-0.4, -0.2) is 38.2 Å². The van der Waals surface area contributed by atoms with Gasteiger partial charge in [-0.05, 0) is 23.8 Å². The first-order chi connectivity index (χ1) is 13.8. The van der Waals surface area contributed by atoms with Gasteiger partial charge in [-0.3, -0.25) is 9.59 Å². The summed E-state index contributed by atoms with van der Waals surface area (Å²) in [7, 11) is 0. The highest BCUT2D eigenvalue weighted by molar-refractivity contribution is 5.72. The second-order valence-corrected chi connectivity index (χ2v) is 7.00. The molecule has 0 aliphatic rings. The highest BCUT2D eigenvalue weighted by atomic mass is 16.5. The fraction of sp³-hybridized carbons (Fsp3) is 0.455. The predicted molar refractivity (Wildman–Crippen MR) is 109 cm³/mol. The molecule has 0 heterocycles. The van der Waals surface area contributed by atoms with Gasteiger partial charge in [-0.1, -0.05) is 39.8 Å². The van der Waals surface area contributed by atoms with Crippen LogP contribution in [0.3, 0.4) is 0 Å². The maximum atomic E-state index is 11.7. The molecule has 0 atom stereocenters. The summed E-state index contributed by atoms with van der Waals surface area (Å²) in [6.45, 7) is 8.39. The number of benzene rings is 1. The van der Waals surface area contributed by atoms with Crippen molar-refractivity contribution in [1.29, 1.82) is 10.5 Å². The summed E-state index contributed by atoms with van der Waals surface area (Å²) < 4.78 is 10.5. The van der Waals surface area contributed by atoms with Gasteiger partial charge in [0.15, 0.2) is 0 Å². The van der Waals surface area contributed by atoms with Crippen LogP contribution in [0.25, 0.3) is 6.08 Å². The molecule has 7 heteroatoms. The lowest BCUT2D eigenvalue weighted by Crippen LogP contribution is -2.33. The summed E-state index contributed by atoms with van der Waals surface area (Å²) in [5.41, 5.74) is 1.60. The zero-order valence-electron chi connectivity index (χ0n) is 17.3. The Morgan fingerprint density at radius 1 is 0.931 bits per heavy atom. The van der Waals surface area contributed by atoms with Crippen LogP contribution in [-0.2, 0) is 19.1 Å².